The van der Waals surface area contributed by atoms with Gasteiger partial charge >= 0.3 is 0 Å². The van der Waals surface area contributed by atoms with Crippen LogP contribution >= 0.6 is 0 Å². The fourth-order valence-corrected chi connectivity index (χ4v) is 6.81. The van der Waals surface area contributed by atoms with Gasteiger partial charge in [-0.05, 0) is 61.8 Å². The number of hydrogen-bond donors (Lipinski definition) is 1. The average Bonchev–Trinajstić information content (AvgIpc) is 3.70. The summed E-state index contributed by atoms with van der Waals surface area (Å²) in [6, 6.07) is 9.11. The molecule has 234 valence electrons. The van der Waals surface area contributed by atoms with E-state index in [9.17, 15) is 0 Å². The van der Waals surface area contributed by atoms with Gasteiger partial charge in [0.15, 0.2) is 25.4 Å². The Balaban J connectivity index is 1.11. The molecule has 1 atom stereocenters. The van der Waals surface area contributed by atoms with E-state index in [4.69, 9.17) is 14.6 Å². The van der Waals surface area contributed by atoms with Gasteiger partial charge in [-0.1, -0.05) is 26.8 Å². The number of rotatable bonds is 8. The van der Waals surface area contributed by atoms with Gasteiger partial charge in [-0.2, -0.15) is 14.6 Å². The summed E-state index contributed by atoms with van der Waals surface area (Å²) in [5.74, 6) is 1.84. The number of benzene rings is 1. The van der Waals surface area contributed by atoms with E-state index in [2.05, 4.69) is 70.8 Å². The topological polar surface area (TPSA) is 116 Å². The van der Waals surface area contributed by atoms with Crippen molar-refractivity contribution in [2.75, 3.05) is 43.4 Å². The average molecular weight is 620 g/mol. The molecule has 0 amide bonds. The molecule has 5 heterocycles. The SMILES string of the molecule is Cc1ccc(-c2nc3c4cnn(CCN5CCN(c6cc([C@H](C)O[Si](C)(C)C(C)(C)C)ccc6F)CC5)c4nc(N)n3n2)o1. The van der Waals surface area contributed by atoms with Crippen molar-refractivity contribution in [2.24, 2.45) is 0 Å². The Morgan fingerprint density at radius 2 is 1.80 bits per heavy atom. The summed E-state index contributed by atoms with van der Waals surface area (Å²) in [5.41, 5.74) is 9.18. The second-order valence-electron chi connectivity index (χ2n) is 13.2. The molecule has 0 spiro atoms. The third-order valence-electron chi connectivity index (χ3n) is 9.12. The number of nitrogen functional groups attached to an aromatic ring is 1. The Bertz CT molecular complexity index is 1800. The van der Waals surface area contributed by atoms with Crippen LogP contribution in [0.15, 0.2) is 40.9 Å². The highest BCUT2D eigenvalue weighted by Crippen LogP contribution is 2.40. The number of nitrogens with two attached hydrogens (primary N) is 1. The van der Waals surface area contributed by atoms with Crippen molar-refractivity contribution in [1.29, 1.82) is 0 Å². The van der Waals surface area contributed by atoms with Gasteiger partial charge in [0.1, 0.15) is 11.6 Å². The fourth-order valence-electron chi connectivity index (χ4n) is 5.44. The number of piperazine rings is 1. The largest absolute Gasteiger partial charge is 0.458 e. The van der Waals surface area contributed by atoms with Crippen molar-refractivity contribution in [2.45, 2.75) is 65.4 Å². The van der Waals surface area contributed by atoms with Crippen molar-refractivity contribution >= 4 is 36.6 Å². The number of fused-ring (bicyclic) bond motifs is 3. The molecule has 0 radical (unpaired) electrons. The minimum absolute atomic E-state index is 0.0945. The zero-order valence-corrected chi connectivity index (χ0v) is 27.6. The number of hydrogen-bond acceptors (Lipinski definition) is 9. The number of furan rings is 1. The number of aryl methyl sites for hydroxylation is 1. The third kappa shape index (κ3) is 5.71. The molecule has 5 aromatic rings. The Labute approximate surface area is 257 Å². The van der Waals surface area contributed by atoms with Crippen LogP contribution in [0, 0.1) is 12.7 Å². The highest BCUT2D eigenvalue weighted by Gasteiger charge is 2.38. The van der Waals surface area contributed by atoms with Crippen LogP contribution in [0.5, 0.6) is 0 Å². The van der Waals surface area contributed by atoms with E-state index in [1.807, 2.05) is 35.9 Å². The van der Waals surface area contributed by atoms with Crippen LogP contribution in [0.4, 0.5) is 16.0 Å². The third-order valence-corrected chi connectivity index (χ3v) is 13.7. The molecule has 1 aromatic carbocycles. The Hall–Kier alpha value is -3.81. The molecule has 1 saturated heterocycles. The van der Waals surface area contributed by atoms with Crippen LogP contribution in [0.25, 0.3) is 28.3 Å². The molecule has 44 heavy (non-hydrogen) atoms. The summed E-state index contributed by atoms with van der Waals surface area (Å²) in [7, 11) is -1.95. The lowest BCUT2D eigenvalue weighted by atomic mass is 10.1. The van der Waals surface area contributed by atoms with E-state index < -0.39 is 8.32 Å². The number of aromatic nitrogens is 6. The maximum Gasteiger partial charge on any atom is 0.225 e. The molecule has 2 N–H and O–H groups in total. The molecule has 1 fully saturated rings. The molecule has 0 unspecified atom stereocenters. The summed E-state index contributed by atoms with van der Waals surface area (Å²) in [5, 5.41) is 9.97. The normalized spacial score (nSPS) is 16.0. The van der Waals surface area contributed by atoms with E-state index in [1.165, 1.54) is 4.52 Å². The first-order chi connectivity index (χ1) is 20.8. The smallest absolute Gasteiger partial charge is 0.225 e. The maximum absolute atomic E-state index is 15.0. The molecule has 4 aromatic heterocycles. The molecule has 11 nitrogen and oxygen atoms in total. The lowest BCUT2D eigenvalue weighted by Crippen LogP contribution is -2.47. The van der Waals surface area contributed by atoms with E-state index in [0.29, 0.717) is 35.1 Å². The fraction of sp³-hybridized carbons (Fsp3) is 0.484. The van der Waals surface area contributed by atoms with Crippen molar-refractivity contribution in [1.82, 2.24) is 34.3 Å². The number of nitrogens with zero attached hydrogens (tertiary/aromatic N) is 8. The zero-order valence-electron chi connectivity index (χ0n) is 26.6. The van der Waals surface area contributed by atoms with Gasteiger partial charge in [0.05, 0.1) is 29.9 Å². The molecule has 0 aliphatic carbocycles. The van der Waals surface area contributed by atoms with Gasteiger partial charge in [0.25, 0.3) is 0 Å². The molecule has 0 bridgehead atoms. The summed E-state index contributed by atoms with van der Waals surface area (Å²) in [6.45, 7) is 19.7. The first-order valence-corrected chi connectivity index (χ1v) is 18.1. The van der Waals surface area contributed by atoms with Crippen LogP contribution in [0.1, 0.15) is 45.1 Å². The standard InChI is InChI=1S/C31H42FN9O2Si/c1-20-8-11-26(42-20)27-35-29-23-19-34-40(28(23)36-30(33)41(29)37-27)17-14-38-12-15-39(16-13-38)25-18-22(9-10-24(25)32)21(2)43-44(6,7)31(3,4)5/h8-11,18-19,21H,12-17H2,1-7H3,(H2,33,36)/t21-/m0/s1. The highest BCUT2D eigenvalue weighted by atomic mass is 28.4. The summed E-state index contributed by atoms with van der Waals surface area (Å²) < 4.78 is 30.7. The predicted octanol–water partition coefficient (Wildman–Crippen LogP) is 5.67. The minimum Gasteiger partial charge on any atom is -0.458 e. The molecular formula is C31H42FN9O2Si. The first-order valence-electron chi connectivity index (χ1n) is 15.2. The van der Waals surface area contributed by atoms with Crippen molar-refractivity contribution in [3.05, 3.63) is 53.7 Å². The molecule has 0 saturated carbocycles. The molecule has 1 aliphatic rings. The van der Waals surface area contributed by atoms with E-state index in [1.54, 1.807) is 12.3 Å². The van der Waals surface area contributed by atoms with Crippen molar-refractivity contribution in [3.8, 4) is 11.6 Å². The Morgan fingerprint density at radius 1 is 1.05 bits per heavy atom. The first kappa shape index (κ1) is 30.2. The second kappa shape index (κ2) is 11.3. The van der Waals surface area contributed by atoms with Gasteiger partial charge < -0.3 is 19.5 Å². The van der Waals surface area contributed by atoms with Gasteiger partial charge in [-0.15, -0.1) is 5.10 Å². The lowest BCUT2D eigenvalue weighted by molar-refractivity contribution is 0.203. The molecular weight excluding hydrogens is 577 g/mol. The van der Waals surface area contributed by atoms with Crippen LogP contribution < -0.4 is 10.6 Å². The van der Waals surface area contributed by atoms with Gasteiger partial charge in [0, 0.05) is 32.7 Å². The lowest BCUT2D eigenvalue weighted by Gasteiger charge is -2.39. The number of halogens is 1. The van der Waals surface area contributed by atoms with Crippen LogP contribution in [0.2, 0.25) is 18.1 Å². The quantitative estimate of drug-likeness (QED) is 0.219. The zero-order chi connectivity index (χ0) is 31.4. The van der Waals surface area contributed by atoms with E-state index in [0.717, 1.165) is 49.4 Å². The summed E-state index contributed by atoms with van der Waals surface area (Å²) in [4.78, 5) is 13.8. The minimum atomic E-state index is -1.95. The molecule has 1 aliphatic heterocycles. The highest BCUT2D eigenvalue weighted by molar-refractivity contribution is 6.74. The summed E-state index contributed by atoms with van der Waals surface area (Å²) in [6.07, 6.45) is 1.66. The van der Waals surface area contributed by atoms with Gasteiger partial charge in [0.2, 0.25) is 11.8 Å². The Morgan fingerprint density at radius 3 is 2.48 bits per heavy atom. The van der Waals surface area contributed by atoms with Crippen molar-refractivity contribution < 1.29 is 13.2 Å². The van der Waals surface area contributed by atoms with E-state index >= 15 is 4.39 Å². The predicted molar refractivity (Wildman–Crippen MR) is 173 cm³/mol. The van der Waals surface area contributed by atoms with Gasteiger partial charge in [-0.3, -0.25) is 4.90 Å². The van der Waals surface area contributed by atoms with Crippen LogP contribution in [-0.4, -0.2) is 75.3 Å². The monoisotopic (exact) mass is 619 g/mol. The number of anilines is 2. The summed E-state index contributed by atoms with van der Waals surface area (Å²) >= 11 is 0. The van der Waals surface area contributed by atoms with Crippen LogP contribution in [0.3, 0.4) is 0 Å². The Kier molecular flexibility index (Phi) is 7.75. The molecule has 6 rings (SSSR count). The second-order valence-corrected chi connectivity index (χ2v) is 18.0. The maximum atomic E-state index is 15.0. The van der Waals surface area contributed by atoms with Crippen molar-refractivity contribution in [3.63, 3.8) is 0 Å². The molecule has 13 heteroatoms. The van der Waals surface area contributed by atoms with Crippen LogP contribution in [-0.2, 0) is 11.0 Å². The van der Waals surface area contributed by atoms with E-state index in [-0.39, 0.29) is 22.9 Å². The van der Waals surface area contributed by atoms with Gasteiger partial charge in [-0.25, -0.2) is 14.1 Å².